The van der Waals surface area contributed by atoms with E-state index in [-0.39, 0.29) is 83.8 Å². The van der Waals surface area contributed by atoms with Crippen LogP contribution in [0, 0.1) is 0 Å². The van der Waals surface area contributed by atoms with Crippen molar-refractivity contribution in [2.75, 3.05) is 72.0 Å². The molecule has 0 spiro atoms. The highest BCUT2D eigenvalue weighted by Gasteiger charge is 2.20. The van der Waals surface area contributed by atoms with Crippen molar-refractivity contribution in [2.24, 2.45) is 0 Å². The number of carboxylic acids is 3. The first-order valence-corrected chi connectivity index (χ1v) is 9.51. The minimum absolute atomic E-state index is 0.131. The second-order valence-electron chi connectivity index (χ2n) is 6.93. The fraction of sp³-hybridized carbons (Fsp3) is 0.706. The number of nitrogens with one attached hydrogen (secondary N) is 2. The van der Waals surface area contributed by atoms with Gasteiger partial charge in [-0.05, 0) is 6.42 Å². The van der Waals surface area contributed by atoms with Crippen molar-refractivity contribution in [3.8, 4) is 0 Å². The summed E-state index contributed by atoms with van der Waals surface area (Å²) in [6.45, 7) is -0.298. The number of nitrogens with zero attached hydrogens (tertiary/aromatic N) is 3. The average molecular weight is 431 g/mol. The molecule has 0 bridgehead atoms. The molecular formula is C17H29N5O8. The number of rotatable bonds is 6. The van der Waals surface area contributed by atoms with Gasteiger partial charge in [0.25, 0.3) is 0 Å². The van der Waals surface area contributed by atoms with Crippen LogP contribution in [0.15, 0.2) is 0 Å². The van der Waals surface area contributed by atoms with Crippen LogP contribution < -0.4 is 10.6 Å². The molecular weight excluding hydrogens is 402 g/mol. The van der Waals surface area contributed by atoms with Gasteiger partial charge in [-0.15, -0.1) is 0 Å². The molecule has 0 saturated carbocycles. The highest BCUT2D eigenvalue weighted by atomic mass is 16.4. The Labute approximate surface area is 173 Å². The molecule has 2 amide bonds. The van der Waals surface area contributed by atoms with E-state index in [1.54, 1.807) is 0 Å². The normalized spacial score (nSPS) is 19.6. The molecule has 13 nitrogen and oxygen atoms in total. The largest absolute Gasteiger partial charge is 0.480 e. The maximum Gasteiger partial charge on any atom is 0.317 e. The Kier molecular flexibility index (Phi) is 11.3. The summed E-state index contributed by atoms with van der Waals surface area (Å²) < 4.78 is 0. The predicted molar refractivity (Wildman–Crippen MR) is 103 cm³/mol. The summed E-state index contributed by atoms with van der Waals surface area (Å²) in [5, 5.41) is 32.5. The lowest BCUT2D eigenvalue weighted by Gasteiger charge is -2.28. The third kappa shape index (κ3) is 11.9. The van der Waals surface area contributed by atoms with Crippen molar-refractivity contribution in [1.29, 1.82) is 0 Å². The quantitative estimate of drug-likeness (QED) is 0.285. The van der Waals surface area contributed by atoms with E-state index < -0.39 is 17.9 Å². The zero-order valence-electron chi connectivity index (χ0n) is 16.7. The third-order valence-electron chi connectivity index (χ3n) is 4.27. The van der Waals surface area contributed by atoms with Crippen molar-refractivity contribution >= 4 is 29.7 Å². The number of carbonyl (C=O) groups is 5. The van der Waals surface area contributed by atoms with Crippen LogP contribution in [-0.4, -0.2) is 132 Å². The third-order valence-corrected chi connectivity index (χ3v) is 4.27. The van der Waals surface area contributed by atoms with Crippen molar-refractivity contribution < 1.29 is 39.3 Å². The fourth-order valence-corrected chi connectivity index (χ4v) is 2.90. The first-order valence-electron chi connectivity index (χ1n) is 9.51. The van der Waals surface area contributed by atoms with Crippen LogP contribution in [0.5, 0.6) is 0 Å². The Hall–Kier alpha value is -2.77. The van der Waals surface area contributed by atoms with Gasteiger partial charge in [0.1, 0.15) is 0 Å². The first kappa shape index (κ1) is 25.3. The van der Waals surface area contributed by atoms with Crippen LogP contribution >= 0.6 is 0 Å². The Bertz CT molecular complexity index is 585. The molecule has 0 aromatic rings. The number of carboxylic acid groups (broad SMARTS) is 3. The van der Waals surface area contributed by atoms with E-state index >= 15 is 0 Å². The van der Waals surface area contributed by atoms with Crippen LogP contribution in [-0.2, 0) is 24.0 Å². The zero-order valence-corrected chi connectivity index (χ0v) is 16.7. The van der Waals surface area contributed by atoms with Gasteiger partial charge >= 0.3 is 17.9 Å². The fourth-order valence-electron chi connectivity index (χ4n) is 2.90. The van der Waals surface area contributed by atoms with E-state index in [4.69, 9.17) is 15.3 Å². The van der Waals surface area contributed by atoms with Gasteiger partial charge in [-0.3, -0.25) is 38.7 Å². The molecule has 1 aliphatic rings. The van der Waals surface area contributed by atoms with Crippen LogP contribution in [0.3, 0.4) is 0 Å². The topological polar surface area (TPSA) is 180 Å². The molecule has 1 heterocycles. The molecule has 1 aliphatic heterocycles. The molecule has 1 rings (SSSR count). The minimum Gasteiger partial charge on any atom is -0.480 e. The van der Waals surface area contributed by atoms with Crippen LogP contribution in [0.2, 0.25) is 0 Å². The van der Waals surface area contributed by atoms with Gasteiger partial charge in [0.2, 0.25) is 11.8 Å². The molecule has 0 atom stereocenters. The average Bonchev–Trinajstić information content (AvgIpc) is 2.61. The van der Waals surface area contributed by atoms with Crippen molar-refractivity contribution in [1.82, 2.24) is 25.3 Å². The monoisotopic (exact) mass is 431 g/mol. The Morgan fingerprint density at radius 1 is 0.667 bits per heavy atom. The molecule has 0 aromatic heterocycles. The minimum atomic E-state index is -1.11. The van der Waals surface area contributed by atoms with E-state index in [0.29, 0.717) is 6.42 Å². The molecule has 0 aliphatic carbocycles. The maximum absolute atomic E-state index is 12.0. The van der Waals surface area contributed by atoms with E-state index in [9.17, 15) is 24.0 Å². The Morgan fingerprint density at radius 2 is 1.00 bits per heavy atom. The number of carbonyl (C=O) groups excluding carboxylic acids is 2. The lowest BCUT2D eigenvalue weighted by atomic mass is 10.3. The van der Waals surface area contributed by atoms with Crippen molar-refractivity contribution in [3.05, 3.63) is 0 Å². The molecule has 0 unspecified atom stereocenters. The van der Waals surface area contributed by atoms with Crippen LogP contribution in [0.25, 0.3) is 0 Å². The summed E-state index contributed by atoms with van der Waals surface area (Å²) in [6, 6.07) is 0. The van der Waals surface area contributed by atoms with Gasteiger partial charge in [-0.25, -0.2) is 0 Å². The number of hydrogen-bond acceptors (Lipinski definition) is 8. The Morgan fingerprint density at radius 3 is 1.37 bits per heavy atom. The first-order chi connectivity index (χ1) is 14.2. The van der Waals surface area contributed by atoms with E-state index in [2.05, 4.69) is 10.6 Å². The highest BCUT2D eigenvalue weighted by molar-refractivity contribution is 5.79. The molecule has 1 saturated heterocycles. The van der Waals surface area contributed by atoms with Crippen LogP contribution in [0.4, 0.5) is 0 Å². The lowest BCUT2D eigenvalue weighted by Crippen LogP contribution is -2.48. The lowest BCUT2D eigenvalue weighted by molar-refractivity contribution is -0.141. The summed E-state index contributed by atoms with van der Waals surface area (Å²) >= 11 is 0. The molecule has 30 heavy (non-hydrogen) atoms. The molecule has 0 aromatic carbocycles. The van der Waals surface area contributed by atoms with Gasteiger partial charge in [0.05, 0.1) is 32.7 Å². The predicted octanol–water partition coefficient (Wildman–Crippen LogP) is -3.22. The highest BCUT2D eigenvalue weighted by Crippen LogP contribution is 1.98. The summed E-state index contributed by atoms with van der Waals surface area (Å²) in [6.07, 6.45) is 0.460. The molecule has 1 fully saturated rings. The van der Waals surface area contributed by atoms with E-state index in [1.807, 2.05) is 0 Å². The maximum atomic E-state index is 12.0. The van der Waals surface area contributed by atoms with Crippen molar-refractivity contribution in [3.63, 3.8) is 0 Å². The van der Waals surface area contributed by atoms with E-state index in [1.165, 1.54) is 14.7 Å². The standard InChI is InChI=1S/C17H29N5O8/c23-13-8-21(11-16(27)28)6-4-20(10-15(25)26)5-7-22(12-17(29)30)9-14(24)19-3-1-2-18-13/h1-12H2,(H,18,23)(H,19,24)(H,25,26)(H,27,28)(H,29,30). The number of amides is 2. The second-order valence-corrected chi connectivity index (χ2v) is 6.93. The molecule has 0 radical (unpaired) electrons. The van der Waals surface area contributed by atoms with E-state index in [0.717, 1.165) is 0 Å². The smallest absolute Gasteiger partial charge is 0.317 e. The number of aliphatic carboxylic acids is 3. The molecule has 170 valence electrons. The summed E-state index contributed by atoms with van der Waals surface area (Å²) in [7, 11) is 0. The SMILES string of the molecule is O=C(O)CN1CCN(CC(=O)O)CC(=O)NCCCNC(=O)CN(CC(=O)O)CC1. The van der Waals surface area contributed by atoms with Gasteiger partial charge in [-0.2, -0.15) is 0 Å². The van der Waals surface area contributed by atoms with Gasteiger partial charge in [-0.1, -0.05) is 0 Å². The zero-order chi connectivity index (χ0) is 22.5. The van der Waals surface area contributed by atoms with Crippen LogP contribution in [0.1, 0.15) is 6.42 Å². The molecule has 13 heteroatoms. The van der Waals surface area contributed by atoms with Crippen molar-refractivity contribution in [2.45, 2.75) is 6.42 Å². The van der Waals surface area contributed by atoms with Gasteiger partial charge in [0, 0.05) is 39.3 Å². The van der Waals surface area contributed by atoms with Gasteiger partial charge < -0.3 is 26.0 Å². The summed E-state index contributed by atoms with van der Waals surface area (Å²) in [4.78, 5) is 61.7. The van der Waals surface area contributed by atoms with Gasteiger partial charge in [0.15, 0.2) is 0 Å². The second kappa shape index (κ2) is 13.5. The summed E-state index contributed by atoms with van der Waals surface area (Å²) in [5.41, 5.74) is 0. The summed E-state index contributed by atoms with van der Waals surface area (Å²) in [5.74, 6) is -4.07. The molecule has 5 N–H and O–H groups in total. The Balaban J connectivity index is 2.90. The number of hydrogen-bond donors (Lipinski definition) is 5.